The maximum atomic E-state index is 13.0. The third-order valence-corrected chi connectivity index (χ3v) is 4.27. The van der Waals surface area contributed by atoms with Gasteiger partial charge in [-0.2, -0.15) is 18.3 Å². The summed E-state index contributed by atoms with van der Waals surface area (Å²) in [4.78, 5) is 3.96. The lowest BCUT2D eigenvalue weighted by atomic mass is 10.1. The van der Waals surface area contributed by atoms with Gasteiger partial charge in [0.25, 0.3) is 0 Å². The Balaban J connectivity index is 1.92. The van der Waals surface area contributed by atoms with Gasteiger partial charge in [-0.05, 0) is 18.9 Å². The van der Waals surface area contributed by atoms with Crippen LogP contribution in [0.5, 0.6) is 0 Å². The van der Waals surface area contributed by atoms with Crippen LogP contribution in [-0.2, 0) is 13.2 Å². The summed E-state index contributed by atoms with van der Waals surface area (Å²) in [5.41, 5.74) is 3.39. The van der Waals surface area contributed by atoms with Crippen molar-refractivity contribution in [2.75, 3.05) is 18.5 Å². The molecule has 0 amide bonds. The van der Waals surface area contributed by atoms with Gasteiger partial charge in [-0.15, -0.1) is 0 Å². The van der Waals surface area contributed by atoms with E-state index in [4.69, 9.17) is 11.6 Å². The molecular weight excluding hydrogens is 359 g/mol. The molecule has 136 valence electrons. The van der Waals surface area contributed by atoms with Crippen LogP contribution in [0.4, 0.5) is 18.9 Å². The van der Waals surface area contributed by atoms with Crippen molar-refractivity contribution in [2.24, 2.45) is 7.05 Å². The highest BCUT2D eigenvalue weighted by molar-refractivity contribution is 6.29. The van der Waals surface area contributed by atoms with E-state index in [0.29, 0.717) is 37.2 Å². The first-order valence-corrected chi connectivity index (χ1v) is 8.08. The van der Waals surface area contributed by atoms with Gasteiger partial charge in [0, 0.05) is 38.0 Å². The number of piperidine rings is 1. The van der Waals surface area contributed by atoms with Gasteiger partial charge in [0.1, 0.15) is 10.8 Å². The highest BCUT2D eigenvalue weighted by Crippen LogP contribution is 2.34. The number of alkyl halides is 3. The van der Waals surface area contributed by atoms with E-state index in [0.717, 1.165) is 10.7 Å². The molecule has 2 aromatic heterocycles. The van der Waals surface area contributed by atoms with Gasteiger partial charge in [0.2, 0.25) is 0 Å². The van der Waals surface area contributed by atoms with Crippen molar-refractivity contribution in [3.05, 3.63) is 29.2 Å². The molecule has 1 fully saturated rings. The first-order valence-electron chi connectivity index (χ1n) is 7.71. The van der Waals surface area contributed by atoms with Crippen LogP contribution in [0.1, 0.15) is 18.5 Å². The lowest BCUT2D eigenvalue weighted by Gasteiger charge is -2.31. The predicted octanol–water partition coefficient (Wildman–Crippen LogP) is 2.94. The summed E-state index contributed by atoms with van der Waals surface area (Å²) in [7, 11) is 1.24. The fourth-order valence-electron chi connectivity index (χ4n) is 2.74. The first kappa shape index (κ1) is 18.0. The number of aliphatic hydroxyl groups excluding tert-OH is 1. The topological polar surface area (TPSA) is 66.2 Å². The third-order valence-electron chi connectivity index (χ3n) is 4.06. The molecule has 2 N–H and O–H groups in total. The van der Waals surface area contributed by atoms with E-state index in [1.165, 1.54) is 13.2 Å². The molecule has 0 saturated carbocycles. The number of nitrogens with one attached hydrogen (secondary N) is 1. The SMILES string of the molecule is Cn1nc(-c2cnc(Cl)cc2NN2CCC(O)CC2)cc1C(F)(F)F. The first-order chi connectivity index (χ1) is 11.7. The number of nitrogens with zero attached hydrogens (tertiary/aromatic N) is 4. The Labute approximate surface area is 147 Å². The minimum Gasteiger partial charge on any atom is -0.393 e. The number of rotatable bonds is 3. The molecule has 0 unspecified atom stereocenters. The Bertz CT molecular complexity index is 756. The average Bonchev–Trinajstić information content (AvgIpc) is 2.92. The van der Waals surface area contributed by atoms with Crippen LogP contribution in [0.15, 0.2) is 18.3 Å². The van der Waals surface area contributed by atoms with Crippen molar-refractivity contribution in [1.29, 1.82) is 0 Å². The Hall–Kier alpha value is -1.84. The summed E-state index contributed by atoms with van der Waals surface area (Å²) in [6, 6.07) is 2.53. The van der Waals surface area contributed by atoms with E-state index in [1.807, 2.05) is 5.01 Å². The number of hydrogen-bond donors (Lipinski definition) is 2. The van der Waals surface area contributed by atoms with E-state index >= 15 is 0 Å². The van der Waals surface area contributed by atoms with Crippen LogP contribution < -0.4 is 5.43 Å². The molecule has 1 aliphatic rings. The van der Waals surface area contributed by atoms with E-state index < -0.39 is 11.9 Å². The van der Waals surface area contributed by atoms with Crippen molar-refractivity contribution < 1.29 is 18.3 Å². The summed E-state index contributed by atoms with van der Waals surface area (Å²) >= 11 is 5.94. The average molecular weight is 376 g/mol. The van der Waals surface area contributed by atoms with Crippen molar-refractivity contribution in [3.8, 4) is 11.3 Å². The van der Waals surface area contributed by atoms with Gasteiger partial charge >= 0.3 is 6.18 Å². The van der Waals surface area contributed by atoms with Crippen LogP contribution in [0, 0.1) is 0 Å². The molecule has 1 aliphatic heterocycles. The Kier molecular flexibility index (Phi) is 4.90. The van der Waals surface area contributed by atoms with Crippen LogP contribution in [-0.4, -0.2) is 44.1 Å². The zero-order chi connectivity index (χ0) is 18.2. The molecule has 3 heterocycles. The van der Waals surface area contributed by atoms with Gasteiger partial charge in [-0.3, -0.25) is 4.68 Å². The second kappa shape index (κ2) is 6.81. The monoisotopic (exact) mass is 375 g/mol. The number of anilines is 1. The summed E-state index contributed by atoms with van der Waals surface area (Å²) < 4.78 is 39.8. The lowest BCUT2D eigenvalue weighted by molar-refractivity contribution is -0.143. The standard InChI is InChI=1S/C15H17ClF3N5O/c1-23-13(15(17,18)19)6-11(21-23)10-8-20-14(16)7-12(10)22-24-4-2-9(25)3-5-24/h6-9,25H,2-5H2,1H3,(H,20,22). The second-order valence-corrected chi connectivity index (χ2v) is 6.31. The van der Waals surface area contributed by atoms with E-state index in [-0.39, 0.29) is 17.0 Å². The summed E-state index contributed by atoms with van der Waals surface area (Å²) in [6.07, 6.45) is -2.20. The van der Waals surface area contributed by atoms with Gasteiger partial charge in [-0.1, -0.05) is 11.6 Å². The molecule has 10 heteroatoms. The molecule has 0 aromatic carbocycles. The number of aliphatic hydroxyl groups is 1. The normalized spacial score (nSPS) is 17.0. The molecular formula is C15H17ClF3N5O. The van der Waals surface area contributed by atoms with Gasteiger partial charge in [0.15, 0.2) is 0 Å². The summed E-state index contributed by atoms with van der Waals surface area (Å²) in [5.74, 6) is 0. The van der Waals surface area contributed by atoms with E-state index in [9.17, 15) is 18.3 Å². The van der Waals surface area contributed by atoms with Crippen LogP contribution in [0.25, 0.3) is 11.3 Å². The molecule has 0 radical (unpaired) electrons. The molecule has 2 aromatic rings. The minimum absolute atomic E-state index is 0.151. The third kappa shape index (κ3) is 4.05. The van der Waals surface area contributed by atoms with Crippen LogP contribution >= 0.6 is 11.6 Å². The lowest BCUT2D eigenvalue weighted by Crippen LogP contribution is -2.39. The highest BCUT2D eigenvalue weighted by Gasteiger charge is 2.35. The van der Waals surface area contributed by atoms with Crippen molar-refractivity contribution in [1.82, 2.24) is 19.8 Å². The molecule has 25 heavy (non-hydrogen) atoms. The summed E-state index contributed by atoms with van der Waals surface area (Å²) in [6.45, 7) is 1.22. The second-order valence-electron chi connectivity index (χ2n) is 5.92. The molecule has 0 atom stereocenters. The predicted molar refractivity (Wildman–Crippen MR) is 86.9 cm³/mol. The number of pyridine rings is 1. The van der Waals surface area contributed by atoms with E-state index in [1.54, 1.807) is 6.07 Å². The Morgan fingerprint density at radius 1 is 1.28 bits per heavy atom. The van der Waals surface area contributed by atoms with Gasteiger partial charge < -0.3 is 10.5 Å². The molecule has 1 saturated heterocycles. The number of hydrazine groups is 1. The number of halogens is 4. The smallest absolute Gasteiger partial charge is 0.393 e. The molecule has 0 bridgehead atoms. The van der Waals surface area contributed by atoms with Gasteiger partial charge in [-0.25, -0.2) is 9.99 Å². The van der Waals surface area contributed by atoms with Crippen molar-refractivity contribution in [2.45, 2.75) is 25.1 Å². The quantitative estimate of drug-likeness (QED) is 0.807. The minimum atomic E-state index is -4.49. The maximum Gasteiger partial charge on any atom is 0.433 e. The largest absolute Gasteiger partial charge is 0.433 e. The highest BCUT2D eigenvalue weighted by atomic mass is 35.5. The number of aryl methyl sites for hydroxylation is 1. The van der Waals surface area contributed by atoms with Crippen molar-refractivity contribution >= 4 is 17.3 Å². The van der Waals surface area contributed by atoms with Gasteiger partial charge in [0.05, 0.1) is 17.5 Å². The van der Waals surface area contributed by atoms with Crippen molar-refractivity contribution in [3.63, 3.8) is 0 Å². The number of hydrogen-bond acceptors (Lipinski definition) is 5. The Morgan fingerprint density at radius 3 is 2.56 bits per heavy atom. The fraction of sp³-hybridized carbons (Fsp3) is 0.467. The summed E-state index contributed by atoms with van der Waals surface area (Å²) in [5, 5.41) is 15.6. The maximum absolute atomic E-state index is 13.0. The molecule has 6 nitrogen and oxygen atoms in total. The molecule has 0 spiro atoms. The fourth-order valence-corrected chi connectivity index (χ4v) is 2.90. The zero-order valence-electron chi connectivity index (χ0n) is 13.4. The number of aromatic nitrogens is 3. The van der Waals surface area contributed by atoms with Crippen LogP contribution in [0.3, 0.4) is 0 Å². The molecule has 0 aliphatic carbocycles. The molecule has 3 rings (SSSR count). The Morgan fingerprint density at radius 2 is 1.96 bits per heavy atom. The van der Waals surface area contributed by atoms with E-state index in [2.05, 4.69) is 15.5 Å². The zero-order valence-corrected chi connectivity index (χ0v) is 14.1. The van der Waals surface area contributed by atoms with Crippen LogP contribution in [0.2, 0.25) is 5.15 Å².